The highest BCUT2D eigenvalue weighted by Crippen LogP contribution is 2.21. The van der Waals surface area contributed by atoms with Gasteiger partial charge in [-0.05, 0) is 49.6 Å². The van der Waals surface area contributed by atoms with Crippen molar-refractivity contribution >= 4 is 5.91 Å². The number of carbonyl (C=O) groups excluding carboxylic acids is 1. The molecule has 3 nitrogen and oxygen atoms in total. The molecular formula is C19H23NO2. The van der Waals surface area contributed by atoms with Crippen LogP contribution in [0, 0.1) is 13.8 Å². The SMILES string of the molecule is CCC(NC(=O)c1cc(C)ccc1C)c1ccc(OC)cc1. The number of ether oxygens (including phenoxy) is 1. The molecule has 1 unspecified atom stereocenters. The zero-order valence-corrected chi connectivity index (χ0v) is 13.6. The van der Waals surface area contributed by atoms with Gasteiger partial charge in [0.05, 0.1) is 13.2 Å². The summed E-state index contributed by atoms with van der Waals surface area (Å²) in [5.74, 6) is 0.795. The molecule has 0 aromatic heterocycles. The third-order valence-electron chi connectivity index (χ3n) is 3.87. The highest BCUT2D eigenvalue weighted by atomic mass is 16.5. The van der Waals surface area contributed by atoms with Crippen LogP contribution < -0.4 is 10.1 Å². The number of nitrogens with one attached hydrogen (secondary N) is 1. The van der Waals surface area contributed by atoms with E-state index in [1.165, 1.54) is 0 Å². The van der Waals surface area contributed by atoms with E-state index >= 15 is 0 Å². The summed E-state index contributed by atoms with van der Waals surface area (Å²) in [5.41, 5.74) is 3.91. The Morgan fingerprint density at radius 1 is 1.14 bits per heavy atom. The van der Waals surface area contributed by atoms with Crippen LogP contribution in [0.4, 0.5) is 0 Å². The topological polar surface area (TPSA) is 38.3 Å². The van der Waals surface area contributed by atoms with E-state index < -0.39 is 0 Å². The second kappa shape index (κ2) is 7.12. The Morgan fingerprint density at radius 2 is 1.82 bits per heavy atom. The lowest BCUT2D eigenvalue weighted by molar-refractivity contribution is 0.0935. The zero-order chi connectivity index (χ0) is 16.1. The molecule has 0 heterocycles. The molecule has 1 atom stereocenters. The van der Waals surface area contributed by atoms with Gasteiger partial charge in [-0.1, -0.05) is 36.8 Å². The summed E-state index contributed by atoms with van der Waals surface area (Å²) in [7, 11) is 1.65. The lowest BCUT2D eigenvalue weighted by Gasteiger charge is -2.19. The molecule has 0 radical (unpaired) electrons. The number of carbonyl (C=O) groups is 1. The normalized spacial score (nSPS) is 11.8. The summed E-state index contributed by atoms with van der Waals surface area (Å²) in [4.78, 5) is 12.5. The number of hydrogen-bond acceptors (Lipinski definition) is 2. The van der Waals surface area contributed by atoms with E-state index in [-0.39, 0.29) is 11.9 Å². The standard InChI is InChI=1S/C19H23NO2/c1-5-18(15-8-10-16(22-4)11-9-15)20-19(21)17-12-13(2)6-7-14(17)3/h6-12,18H,5H2,1-4H3,(H,20,21). The summed E-state index contributed by atoms with van der Waals surface area (Å²) < 4.78 is 5.17. The number of benzene rings is 2. The van der Waals surface area contributed by atoms with Crippen molar-refractivity contribution < 1.29 is 9.53 Å². The van der Waals surface area contributed by atoms with E-state index in [1.54, 1.807) is 7.11 Å². The monoisotopic (exact) mass is 297 g/mol. The number of hydrogen-bond donors (Lipinski definition) is 1. The molecule has 0 aliphatic heterocycles. The first-order chi connectivity index (χ1) is 10.5. The summed E-state index contributed by atoms with van der Waals surface area (Å²) >= 11 is 0. The molecular weight excluding hydrogens is 274 g/mol. The Hall–Kier alpha value is -2.29. The number of methoxy groups -OCH3 is 1. The van der Waals surface area contributed by atoms with Gasteiger partial charge in [0.15, 0.2) is 0 Å². The highest BCUT2D eigenvalue weighted by Gasteiger charge is 2.15. The first kappa shape index (κ1) is 16.1. The van der Waals surface area contributed by atoms with Crippen molar-refractivity contribution in [2.75, 3.05) is 7.11 Å². The Balaban J connectivity index is 2.18. The van der Waals surface area contributed by atoms with Crippen LogP contribution in [0.1, 0.15) is 46.4 Å². The Morgan fingerprint density at radius 3 is 2.41 bits per heavy atom. The van der Waals surface area contributed by atoms with Crippen LogP contribution in [0.2, 0.25) is 0 Å². The Bertz CT molecular complexity index is 647. The molecule has 116 valence electrons. The quantitative estimate of drug-likeness (QED) is 0.898. The molecule has 0 aliphatic carbocycles. The van der Waals surface area contributed by atoms with E-state index in [2.05, 4.69) is 12.2 Å². The first-order valence-corrected chi connectivity index (χ1v) is 7.57. The largest absolute Gasteiger partial charge is 0.497 e. The van der Waals surface area contributed by atoms with E-state index in [0.717, 1.165) is 34.4 Å². The van der Waals surface area contributed by atoms with Crippen LogP contribution in [-0.2, 0) is 0 Å². The summed E-state index contributed by atoms with van der Waals surface area (Å²) in [6, 6.07) is 13.8. The molecule has 0 saturated heterocycles. The van der Waals surface area contributed by atoms with Gasteiger partial charge in [0.1, 0.15) is 5.75 Å². The lowest BCUT2D eigenvalue weighted by atomic mass is 10.0. The molecule has 3 heteroatoms. The van der Waals surface area contributed by atoms with Crippen molar-refractivity contribution in [1.82, 2.24) is 5.32 Å². The van der Waals surface area contributed by atoms with Gasteiger partial charge in [-0.15, -0.1) is 0 Å². The fourth-order valence-electron chi connectivity index (χ4n) is 2.47. The van der Waals surface area contributed by atoms with Crippen molar-refractivity contribution in [1.29, 1.82) is 0 Å². The smallest absolute Gasteiger partial charge is 0.252 e. The predicted molar refractivity (Wildman–Crippen MR) is 89.4 cm³/mol. The van der Waals surface area contributed by atoms with Crippen molar-refractivity contribution in [3.63, 3.8) is 0 Å². The molecule has 0 spiro atoms. The Labute approximate surface area is 132 Å². The molecule has 0 bridgehead atoms. The third kappa shape index (κ3) is 3.67. The van der Waals surface area contributed by atoms with Crippen LogP contribution in [0.15, 0.2) is 42.5 Å². The van der Waals surface area contributed by atoms with Crippen LogP contribution in [0.25, 0.3) is 0 Å². The lowest BCUT2D eigenvalue weighted by Crippen LogP contribution is -2.28. The van der Waals surface area contributed by atoms with Crippen LogP contribution >= 0.6 is 0 Å². The molecule has 0 aliphatic rings. The fraction of sp³-hybridized carbons (Fsp3) is 0.316. The maximum Gasteiger partial charge on any atom is 0.252 e. The second-order valence-electron chi connectivity index (χ2n) is 5.53. The average molecular weight is 297 g/mol. The minimum Gasteiger partial charge on any atom is -0.497 e. The van der Waals surface area contributed by atoms with Gasteiger partial charge in [0.2, 0.25) is 0 Å². The minimum absolute atomic E-state index is 0.00156. The molecule has 1 amide bonds. The second-order valence-corrected chi connectivity index (χ2v) is 5.53. The maximum atomic E-state index is 12.5. The summed E-state index contributed by atoms with van der Waals surface area (Å²) in [5, 5.41) is 3.13. The molecule has 2 rings (SSSR count). The van der Waals surface area contributed by atoms with Gasteiger partial charge in [0, 0.05) is 5.56 Å². The Kier molecular flexibility index (Phi) is 5.21. The molecule has 22 heavy (non-hydrogen) atoms. The van der Waals surface area contributed by atoms with Gasteiger partial charge in [-0.3, -0.25) is 4.79 Å². The van der Waals surface area contributed by atoms with Gasteiger partial charge in [-0.2, -0.15) is 0 Å². The van der Waals surface area contributed by atoms with Crippen molar-refractivity contribution in [3.05, 3.63) is 64.7 Å². The zero-order valence-electron chi connectivity index (χ0n) is 13.6. The third-order valence-corrected chi connectivity index (χ3v) is 3.87. The highest BCUT2D eigenvalue weighted by molar-refractivity contribution is 5.96. The van der Waals surface area contributed by atoms with Crippen LogP contribution in [0.5, 0.6) is 5.75 Å². The minimum atomic E-state index is -0.0242. The maximum absolute atomic E-state index is 12.5. The first-order valence-electron chi connectivity index (χ1n) is 7.57. The van der Waals surface area contributed by atoms with Gasteiger partial charge >= 0.3 is 0 Å². The molecule has 2 aromatic carbocycles. The predicted octanol–water partition coefficient (Wildman–Crippen LogP) is 4.19. The fourth-order valence-corrected chi connectivity index (χ4v) is 2.47. The van der Waals surface area contributed by atoms with Crippen molar-refractivity contribution in [3.8, 4) is 5.75 Å². The van der Waals surface area contributed by atoms with E-state index in [0.29, 0.717) is 0 Å². The van der Waals surface area contributed by atoms with E-state index in [9.17, 15) is 4.79 Å². The molecule has 2 aromatic rings. The van der Waals surface area contributed by atoms with Crippen molar-refractivity contribution in [2.24, 2.45) is 0 Å². The summed E-state index contributed by atoms with van der Waals surface area (Å²) in [6.45, 7) is 6.03. The van der Waals surface area contributed by atoms with Gasteiger partial charge in [-0.25, -0.2) is 0 Å². The average Bonchev–Trinajstić information content (AvgIpc) is 2.54. The number of aryl methyl sites for hydroxylation is 2. The van der Waals surface area contributed by atoms with Gasteiger partial charge < -0.3 is 10.1 Å². The molecule has 0 saturated carbocycles. The van der Waals surface area contributed by atoms with Crippen molar-refractivity contribution in [2.45, 2.75) is 33.2 Å². The van der Waals surface area contributed by atoms with E-state index in [4.69, 9.17) is 4.74 Å². The summed E-state index contributed by atoms with van der Waals surface area (Å²) in [6.07, 6.45) is 0.836. The van der Waals surface area contributed by atoms with E-state index in [1.807, 2.05) is 56.3 Å². The molecule has 1 N–H and O–H groups in total. The van der Waals surface area contributed by atoms with Crippen LogP contribution in [0.3, 0.4) is 0 Å². The molecule has 0 fully saturated rings. The number of amides is 1. The number of rotatable bonds is 5. The van der Waals surface area contributed by atoms with Gasteiger partial charge in [0.25, 0.3) is 5.91 Å². The van der Waals surface area contributed by atoms with Crippen LogP contribution in [-0.4, -0.2) is 13.0 Å².